The van der Waals surface area contributed by atoms with E-state index in [1.165, 1.54) is 103 Å². The SMILES string of the molecule is CCCCCCCCC(CCCCCC)OC(=O)CCCCCCN(CCO)CC(O)CCCCOC(=O)C(CCCCCC)CCCCCCCC. The highest BCUT2D eigenvalue weighted by molar-refractivity contribution is 5.72. The summed E-state index contributed by atoms with van der Waals surface area (Å²) >= 11 is 0. The standard InChI is InChI=1S/C46H91NO6/c1-5-9-13-17-19-24-32-42(31-23-15-11-7-3)46(51)52-40-30-28-33-43(49)41-47(38-39-48)37-29-22-21-27-36-45(50)53-44(34-25-16-12-8-4)35-26-20-18-14-10-6-2/h42-44,48-49H,5-41H2,1-4H3. The van der Waals surface area contributed by atoms with Crippen LogP contribution in [0.2, 0.25) is 0 Å². The number of ether oxygens (including phenoxy) is 2. The molecule has 0 saturated carbocycles. The lowest BCUT2D eigenvalue weighted by Crippen LogP contribution is -2.35. The molecule has 0 aliphatic carbocycles. The van der Waals surface area contributed by atoms with Crippen molar-refractivity contribution in [3.63, 3.8) is 0 Å². The second-order valence-electron chi connectivity index (χ2n) is 16.1. The van der Waals surface area contributed by atoms with Crippen LogP contribution in [0, 0.1) is 5.92 Å². The molecule has 0 heterocycles. The summed E-state index contributed by atoms with van der Waals surface area (Å²) in [4.78, 5) is 27.8. The lowest BCUT2D eigenvalue weighted by molar-refractivity contribution is -0.150. The highest BCUT2D eigenvalue weighted by atomic mass is 16.5. The minimum atomic E-state index is -0.461. The van der Waals surface area contributed by atoms with Crippen molar-refractivity contribution in [2.24, 2.45) is 5.92 Å². The predicted molar refractivity (Wildman–Crippen MR) is 224 cm³/mol. The average Bonchev–Trinajstić information content (AvgIpc) is 3.14. The summed E-state index contributed by atoms with van der Waals surface area (Å²) in [6, 6.07) is 0. The molecule has 53 heavy (non-hydrogen) atoms. The fourth-order valence-corrected chi connectivity index (χ4v) is 7.38. The number of esters is 2. The smallest absolute Gasteiger partial charge is 0.308 e. The molecular formula is C46H91NO6. The summed E-state index contributed by atoms with van der Waals surface area (Å²) in [5.74, 6) is -0.0274. The number of carbonyl (C=O) groups is 2. The molecule has 2 N–H and O–H groups in total. The maximum Gasteiger partial charge on any atom is 0.308 e. The molecule has 0 radical (unpaired) electrons. The van der Waals surface area contributed by atoms with Crippen LogP contribution >= 0.6 is 0 Å². The van der Waals surface area contributed by atoms with Crippen molar-refractivity contribution in [2.75, 3.05) is 32.8 Å². The highest BCUT2D eigenvalue weighted by Gasteiger charge is 2.20. The van der Waals surface area contributed by atoms with E-state index in [9.17, 15) is 19.8 Å². The largest absolute Gasteiger partial charge is 0.465 e. The fraction of sp³-hybridized carbons (Fsp3) is 0.957. The molecule has 0 aliphatic rings. The third-order valence-electron chi connectivity index (χ3n) is 10.9. The van der Waals surface area contributed by atoms with Crippen molar-refractivity contribution in [1.82, 2.24) is 4.90 Å². The van der Waals surface area contributed by atoms with Gasteiger partial charge in [-0.3, -0.25) is 14.5 Å². The van der Waals surface area contributed by atoms with E-state index in [4.69, 9.17) is 9.47 Å². The first-order valence-electron chi connectivity index (χ1n) is 23.3. The topological polar surface area (TPSA) is 96.3 Å². The average molecular weight is 754 g/mol. The summed E-state index contributed by atoms with van der Waals surface area (Å²) < 4.78 is 11.7. The number of carbonyl (C=O) groups excluding carboxylic acids is 2. The number of aliphatic hydroxyl groups is 2. The van der Waals surface area contributed by atoms with E-state index < -0.39 is 6.10 Å². The van der Waals surface area contributed by atoms with Gasteiger partial charge in [-0.2, -0.15) is 0 Å². The molecule has 0 bridgehead atoms. The molecule has 0 aromatic carbocycles. The van der Waals surface area contributed by atoms with E-state index in [1.807, 2.05) is 0 Å². The Balaban J connectivity index is 4.33. The summed E-state index contributed by atoms with van der Waals surface area (Å²) in [5.41, 5.74) is 0. The Bertz CT molecular complexity index is 779. The van der Waals surface area contributed by atoms with E-state index in [-0.39, 0.29) is 30.6 Å². The van der Waals surface area contributed by atoms with Gasteiger partial charge in [0, 0.05) is 19.5 Å². The van der Waals surface area contributed by atoms with Crippen LogP contribution in [0.15, 0.2) is 0 Å². The van der Waals surface area contributed by atoms with Crippen molar-refractivity contribution in [1.29, 1.82) is 0 Å². The number of hydrogen-bond acceptors (Lipinski definition) is 7. The Labute approximate surface area is 329 Å². The highest BCUT2D eigenvalue weighted by Crippen LogP contribution is 2.21. The molecule has 0 spiro atoms. The van der Waals surface area contributed by atoms with Gasteiger partial charge in [-0.05, 0) is 77.2 Å². The molecule has 316 valence electrons. The van der Waals surface area contributed by atoms with Crippen LogP contribution in [0.5, 0.6) is 0 Å². The molecule has 0 aromatic heterocycles. The first-order chi connectivity index (χ1) is 25.9. The van der Waals surface area contributed by atoms with Crippen molar-refractivity contribution < 1.29 is 29.3 Å². The Hall–Kier alpha value is -1.18. The lowest BCUT2D eigenvalue weighted by Gasteiger charge is -2.24. The quantitative estimate of drug-likeness (QED) is 0.0473. The molecule has 0 fully saturated rings. The molecule has 0 rings (SSSR count). The molecule has 0 aliphatic heterocycles. The third kappa shape index (κ3) is 35.0. The van der Waals surface area contributed by atoms with Crippen LogP contribution in [0.4, 0.5) is 0 Å². The molecular weight excluding hydrogens is 663 g/mol. The molecule has 7 heteroatoms. The van der Waals surface area contributed by atoms with Crippen LogP contribution in [-0.2, 0) is 19.1 Å². The van der Waals surface area contributed by atoms with Crippen molar-refractivity contribution in [3.8, 4) is 0 Å². The lowest BCUT2D eigenvalue weighted by atomic mass is 9.94. The molecule has 3 atom stereocenters. The van der Waals surface area contributed by atoms with Gasteiger partial charge in [-0.15, -0.1) is 0 Å². The van der Waals surface area contributed by atoms with E-state index >= 15 is 0 Å². The zero-order chi connectivity index (χ0) is 39.0. The minimum Gasteiger partial charge on any atom is -0.465 e. The predicted octanol–water partition coefficient (Wildman–Crippen LogP) is 12.3. The van der Waals surface area contributed by atoms with Gasteiger partial charge in [-0.1, -0.05) is 156 Å². The van der Waals surface area contributed by atoms with E-state index in [0.29, 0.717) is 32.5 Å². The normalized spacial score (nSPS) is 13.3. The monoisotopic (exact) mass is 754 g/mol. The number of aliphatic hydroxyl groups excluding tert-OH is 2. The summed E-state index contributed by atoms with van der Waals surface area (Å²) in [6.45, 7) is 11.4. The van der Waals surface area contributed by atoms with Crippen LogP contribution in [0.25, 0.3) is 0 Å². The summed E-state index contributed by atoms with van der Waals surface area (Å²) in [6.07, 6.45) is 34.7. The molecule has 0 amide bonds. The molecule has 7 nitrogen and oxygen atoms in total. The van der Waals surface area contributed by atoms with Crippen LogP contribution in [-0.4, -0.2) is 72.1 Å². The van der Waals surface area contributed by atoms with E-state index in [0.717, 1.165) is 96.4 Å². The molecule has 0 aromatic rings. The van der Waals surface area contributed by atoms with E-state index in [2.05, 4.69) is 32.6 Å². The Morgan fingerprint density at radius 1 is 0.528 bits per heavy atom. The van der Waals surface area contributed by atoms with Crippen LogP contribution < -0.4 is 0 Å². The van der Waals surface area contributed by atoms with Gasteiger partial charge in [0.25, 0.3) is 0 Å². The Morgan fingerprint density at radius 3 is 1.53 bits per heavy atom. The zero-order valence-corrected chi connectivity index (χ0v) is 35.9. The van der Waals surface area contributed by atoms with Crippen molar-refractivity contribution in [3.05, 3.63) is 0 Å². The van der Waals surface area contributed by atoms with Crippen LogP contribution in [0.3, 0.4) is 0 Å². The van der Waals surface area contributed by atoms with Gasteiger partial charge in [-0.25, -0.2) is 0 Å². The van der Waals surface area contributed by atoms with E-state index in [1.54, 1.807) is 0 Å². The van der Waals surface area contributed by atoms with Crippen molar-refractivity contribution in [2.45, 2.75) is 245 Å². The van der Waals surface area contributed by atoms with Gasteiger partial charge < -0.3 is 19.7 Å². The van der Waals surface area contributed by atoms with Crippen LogP contribution in [0.1, 0.15) is 233 Å². The number of hydrogen-bond donors (Lipinski definition) is 2. The van der Waals surface area contributed by atoms with Gasteiger partial charge in [0.2, 0.25) is 0 Å². The first kappa shape index (κ1) is 51.8. The molecule has 0 saturated heterocycles. The molecule has 3 unspecified atom stereocenters. The fourth-order valence-electron chi connectivity index (χ4n) is 7.38. The van der Waals surface area contributed by atoms with Gasteiger partial charge in [0.15, 0.2) is 0 Å². The minimum absolute atomic E-state index is 0.0212. The second-order valence-corrected chi connectivity index (χ2v) is 16.1. The Morgan fingerprint density at radius 2 is 0.981 bits per heavy atom. The number of rotatable bonds is 42. The van der Waals surface area contributed by atoms with Crippen molar-refractivity contribution >= 4 is 11.9 Å². The Kier molecular flexibility index (Phi) is 39.6. The number of nitrogens with zero attached hydrogens (tertiary/aromatic N) is 1. The van der Waals surface area contributed by atoms with Gasteiger partial charge >= 0.3 is 11.9 Å². The summed E-state index contributed by atoms with van der Waals surface area (Å²) in [7, 11) is 0. The van der Waals surface area contributed by atoms with Gasteiger partial charge in [0.05, 0.1) is 25.2 Å². The maximum atomic E-state index is 12.9. The number of unbranched alkanes of at least 4 members (excludes halogenated alkanes) is 20. The van der Waals surface area contributed by atoms with Gasteiger partial charge in [0.1, 0.15) is 6.10 Å². The maximum absolute atomic E-state index is 12.9. The zero-order valence-electron chi connectivity index (χ0n) is 35.9. The third-order valence-corrected chi connectivity index (χ3v) is 10.9. The second kappa shape index (κ2) is 40.5. The first-order valence-corrected chi connectivity index (χ1v) is 23.3. The summed E-state index contributed by atoms with van der Waals surface area (Å²) in [5, 5.41) is 20.3.